The highest BCUT2D eigenvalue weighted by Gasteiger charge is 2.09. The first-order valence-corrected chi connectivity index (χ1v) is 7.20. The number of aliphatic hydroxyl groups is 1. The number of hydrogen-bond donors (Lipinski definition) is 3. The van der Waals surface area contributed by atoms with Gasteiger partial charge in [0.25, 0.3) is 5.91 Å². The van der Waals surface area contributed by atoms with Gasteiger partial charge in [0.2, 0.25) is 0 Å². The predicted octanol–water partition coefficient (Wildman–Crippen LogP) is 1.77. The highest BCUT2D eigenvalue weighted by molar-refractivity contribution is 7.99. The number of rotatable bonds is 7. The first kappa shape index (κ1) is 15.1. The van der Waals surface area contributed by atoms with Crippen molar-refractivity contribution in [1.82, 2.24) is 5.32 Å². The molecule has 0 atom stereocenters. The van der Waals surface area contributed by atoms with E-state index in [-0.39, 0.29) is 12.5 Å². The van der Waals surface area contributed by atoms with Crippen LogP contribution in [0.25, 0.3) is 0 Å². The van der Waals surface area contributed by atoms with Crippen molar-refractivity contribution in [3.63, 3.8) is 0 Å². The van der Waals surface area contributed by atoms with E-state index in [0.29, 0.717) is 22.8 Å². The summed E-state index contributed by atoms with van der Waals surface area (Å²) in [6.45, 7) is 0.777. The molecule has 1 amide bonds. The normalized spacial score (nSPS) is 10.3. The minimum Gasteiger partial charge on any atom is -0.398 e. The second-order valence-corrected chi connectivity index (χ2v) is 5.34. The van der Waals surface area contributed by atoms with Gasteiger partial charge in [-0.25, -0.2) is 0 Å². The Morgan fingerprint density at radius 2 is 2.22 bits per heavy atom. The fourth-order valence-electron chi connectivity index (χ4n) is 1.33. The molecule has 0 aliphatic carbocycles. The largest absolute Gasteiger partial charge is 0.398 e. The number of benzene rings is 1. The molecular weight excluding hydrogens is 272 g/mol. The van der Waals surface area contributed by atoms with Gasteiger partial charge < -0.3 is 16.2 Å². The molecule has 1 aromatic carbocycles. The van der Waals surface area contributed by atoms with Crippen molar-refractivity contribution in [2.24, 2.45) is 0 Å². The number of hydrogen-bond acceptors (Lipinski definition) is 4. The quantitative estimate of drug-likeness (QED) is 0.528. The van der Waals surface area contributed by atoms with Gasteiger partial charge in [0.15, 0.2) is 0 Å². The highest BCUT2D eigenvalue weighted by atomic mass is 35.5. The lowest BCUT2D eigenvalue weighted by molar-refractivity contribution is 0.0957. The number of carbonyl (C=O) groups excluding carboxylic acids is 1. The molecule has 4 nitrogen and oxygen atoms in total. The van der Waals surface area contributed by atoms with Crippen molar-refractivity contribution in [3.8, 4) is 0 Å². The zero-order valence-electron chi connectivity index (χ0n) is 9.99. The van der Waals surface area contributed by atoms with Crippen LogP contribution in [0.3, 0.4) is 0 Å². The summed E-state index contributed by atoms with van der Waals surface area (Å²) >= 11 is 7.51. The smallest absolute Gasteiger partial charge is 0.253 e. The molecule has 0 heterocycles. The van der Waals surface area contributed by atoms with Crippen LogP contribution in [-0.2, 0) is 0 Å². The van der Waals surface area contributed by atoms with E-state index >= 15 is 0 Å². The second-order valence-electron chi connectivity index (χ2n) is 3.68. The summed E-state index contributed by atoms with van der Waals surface area (Å²) in [4.78, 5) is 11.8. The van der Waals surface area contributed by atoms with Crippen LogP contribution in [0, 0.1) is 0 Å². The van der Waals surface area contributed by atoms with Gasteiger partial charge in [0.05, 0.1) is 5.56 Å². The van der Waals surface area contributed by atoms with E-state index in [0.717, 1.165) is 17.9 Å². The molecule has 0 aliphatic heterocycles. The van der Waals surface area contributed by atoms with Crippen molar-refractivity contribution >= 4 is 35.0 Å². The van der Waals surface area contributed by atoms with Gasteiger partial charge in [-0.15, -0.1) is 0 Å². The van der Waals surface area contributed by atoms with E-state index in [2.05, 4.69) is 5.32 Å². The van der Waals surface area contributed by atoms with Gasteiger partial charge >= 0.3 is 0 Å². The minimum atomic E-state index is -0.210. The second kappa shape index (κ2) is 8.24. The van der Waals surface area contributed by atoms with Gasteiger partial charge in [-0.05, 0) is 30.4 Å². The topological polar surface area (TPSA) is 75.4 Å². The Balaban J connectivity index is 2.34. The van der Waals surface area contributed by atoms with Gasteiger partial charge in [0, 0.05) is 29.6 Å². The number of nitrogen functional groups attached to an aromatic ring is 1. The number of nitrogens with two attached hydrogens (primary N) is 1. The first-order chi connectivity index (χ1) is 8.65. The van der Waals surface area contributed by atoms with E-state index in [1.807, 2.05) is 0 Å². The molecule has 0 saturated carbocycles. The Bertz CT molecular complexity index is 402. The number of amides is 1. The maximum Gasteiger partial charge on any atom is 0.253 e. The third-order valence-corrected chi connectivity index (χ3v) is 3.54. The zero-order valence-corrected chi connectivity index (χ0v) is 11.6. The molecule has 0 aromatic heterocycles. The average Bonchev–Trinajstić information content (AvgIpc) is 2.36. The molecule has 0 aliphatic rings. The molecule has 6 heteroatoms. The summed E-state index contributed by atoms with van der Waals surface area (Å²) in [5.41, 5.74) is 6.53. The van der Waals surface area contributed by atoms with Gasteiger partial charge in [0.1, 0.15) is 0 Å². The minimum absolute atomic E-state index is 0.207. The Morgan fingerprint density at radius 3 is 2.94 bits per heavy atom. The molecule has 100 valence electrons. The SMILES string of the molecule is Nc1ccc(Cl)cc1C(=O)NCCSCCCO. The van der Waals surface area contributed by atoms with E-state index < -0.39 is 0 Å². The molecule has 4 N–H and O–H groups in total. The first-order valence-electron chi connectivity index (χ1n) is 5.67. The van der Waals surface area contributed by atoms with Crippen LogP contribution < -0.4 is 11.1 Å². The molecule has 0 bridgehead atoms. The monoisotopic (exact) mass is 288 g/mol. The third-order valence-electron chi connectivity index (χ3n) is 2.24. The van der Waals surface area contributed by atoms with Crippen LogP contribution in [-0.4, -0.2) is 35.7 Å². The molecule has 1 aromatic rings. The summed E-state index contributed by atoms with van der Waals surface area (Å²) < 4.78 is 0. The van der Waals surface area contributed by atoms with Gasteiger partial charge in [-0.2, -0.15) is 11.8 Å². The van der Waals surface area contributed by atoms with Crippen LogP contribution in [0.1, 0.15) is 16.8 Å². The van der Waals surface area contributed by atoms with E-state index in [1.165, 1.54) is 0 Å². The fraction of sp³-hybridized carbons (Fsp3) is 0.417. The maximum atomic E-state index is 11.8. The van der Waals surface area contributed by atoms with Crippen LogP contribution in [0.5, 0.6) is 0 Å². The molecule has 0 saturated heterocycles. The van der Waals surface area contributed by atoms with E-state index in [4.69, 9.17) is 22.4 Å². The van der Waals surface area contributed by atoms with Crippen molar-refractivity contribution < 1.29 is 9.90 Å². The molecule has 0 unspecified atom stereocenters. The molecule has 1 rings (SSSR count). The number of carbonyl (C=O) groups is 1. The van der Waals surface area contributed by atoms with Crippen molar-refractivity contribution in [2.75, 3.05) is 30.4 Å². The zero-order chi connectivity index (χ0) is 13.4. The number of thioether (sulfide) groups is 1. The van der Waals surface area contributed by atoms with Crippen LogP contribution in [0.2, 0.25) is 5.02 Å². The lowest BCUT2D eigenvalue weighted by Gasteiger charge is -2.07. The summed E-state index contributed by atoms with van der Waals surface area (Å²) in [5, 5.41) is 11.9. The summed E-state index contributed by atoms with van der Waals surface area (Å²) in [5.74, 6) is 1.50. The molecule has 0 radical (unpaired) electrons. The summed E-state index contributed by atoms with van der Waals surface area (Å²) in [6.07, 6.45) is 0.778. The van der Waals surface area contributed by atoms with Crippen LogP contribution in [0.4, 0.5) is 5.69 Å². The Kier molecular flexibility index (Phi) is 6.93. The van der Waals surface area contributed by atoms with Crippen molar-refractivity contribution in [1.29, 1.82) is 0 Å². The molecule has 0 fully saturated rings. The van der Waals surface area contributed by atoms with E-state index in [1.54, 1.807) is 30.0 Å². The van der Waals surface area contributed by atoms with Gasteiger partial charge in [-0.3, -0.25) is 4.79 Å². The molecular formula is C12H17ClN2O2S. The predicted molar refractivity (Wildman–Crippen MR) is 77.2 cm³/mol. The number of halogens is 1. The fourth-order valence-corrected chi connectivity index (χ4v) is 2.28. The number of aliphatic hydroxyl groups excluding tert-OH is 1. The van der Waals surface area contributed by atoms with E-state index in [9.17, 15) is 4.79 Å². The summed E-state index contributed by atoms with van der Waals surface area (Å²) in [7, 11) is 0. The number of nitrogens with one attached hydrogen (secondary N) is 1. The average molecular weight is 289 g/mol. The lowest BCUT2D eigenvalue weighted by Crippen LogP contribution is -2.26. The van der Waals surface area contributed by atoms with Gasteiger partial charge in [-0.1, -0.05) is 11.6 Å². The van der Waals surface area contributed by atoms with Crippen molar-refractivity contribution in [3.05, 3.63) is 28.8 Å². The molecule has 18 heavy (non-hydrogen) atoms. The summed E-state index contributed by atoms with van der Waals surface area (Å²) in [6, 6.07) is 4.83. The maximum absolute atomic E-state index is 11.8. The number of anilines is 1. The standard InChI is InChI=1S/C12H17ClN2O2S/c13-9-2-3-11(14)10(8-9)12(17)15-4-7-18-6-1-5-16/h2-3,8,16H,1,4-7,14H2,(H,15,17). The van der Waals surface area contributed by atoms with Crippen LogP contribution in [0.15, 0.2) is 18.2 Å². The Hall–Kier alpha value is -0.910. The van der Waals surface area contributed by atoms with Crippen molar-refractivity contribution in [2.45, 2.75) is 6.42 Å². The lowest BCUT2D eigenvalue weighted by atomic mass is 10.1. The molecule has 0 spiro atoms. The highest BCUT2D eigenvalue weighted by Crippen LogP contribution is 2.17. The Labute approximate surface area is 116 Å². The Morgan fingerprint density at radius 1 is 1.44 bits per heavy atom. The third kappa shape index (κ3) is 5.16. The van der Waals surface area contributed by atoms with Crippen LogP contribution >= 0.6 is 23.4 Å².